The summed E-state index contributed by atoms with van der Waals surface area (Å²) in [4.78, 5) is 5.19. The van der Waals surface area contributed by atoms with Crippen LogP contribution in [0.2, 0.25) is 0 Å². The Labute approximate surface area is 122 Å². The molecule has 0 aromatic carbocycles. The third kappa shape index (κ3) is 3.05. The number of nitrogen functional groups attached to an aromatic ring is 1. The molecule has 104 valence electrons. The SMILES string of the molecule is C/C=c1/ccn(Cc2cc(C(=N)N)cs2)/c1=C/C=N/C. The van der Waals surface area contributed by atoms with Crippen molar-refractivity contribution in [3.63, 3.8) is 0 Å². The summed E-state index contributed by atoms with van der Waals surface area (Å²) in [6.07, 6.45) is 7.96. The zero-order chi connectivity index (χ0) is 14.5. The smallest absolute Gasteiger partial charge is 0.123 e. The van der Waals surface area contributed by atoms with Gasteiger partial charge in [0.05, 0.1) is 6.54 Å². The minimum absolute atomic E-state index is 0.118. The number of hydrogen-bond acceptors (Lipinski definition) is 3. The van der Waals surface area contributed by atoms with Crippen molar-refractivity contribution in [1.82, 2.24) is 4.57 Å². The molecule has 0 unspecified atom stereocenters. The van der Waals surface area contributed by atoms with Crippen LogP contribution in [-0.4, -0.2) is 23.7 Å². The van der Waals surface area contributed by atoms with Gasteiger partial charge in [-0.15, -0.1) is 11.3 Å². The van der Waals surface area contributed by atoms with Gasteiger partial charge in [0.25, 0.3) is 0 Å². The molecule has 2 aromatic heterocycles. The predicted octanol–water partition coefficient (Wildman–Crippen LogP) is 1.16. The summed E-state index contributed by atoms with van der Waals surface area (Å²) >= 11 is 1.62. The van der Waals surface area contributed by atoms with E-state index in [9.17, 15) is 0 Å². The van der Waals surface area contributed by atoms with Crippen LogP contribution in [0.3, 0.4) is 0 Å². The second kappa shape index (κ2) is 6.34. The number of aromatic nitrogens is 1. The highest BCUT2D eigenvalue weighted by atomic mass is 32.1. The van der Waals surface area contributed by atoms with E-state index < -0.39 is 0 Å². The quantitative estimate of drug-likeness (QED) is 0.643. The van der Waals surface area contributed by atoms with Crippen molar-refractivity contribution in [3.8, 4) is 0 Å². The summed E-state index contributed by atoms with van der Waals surface area (Å²) < 4.78 is 2.17. The van der Waals surface area contributed by atoms with E-state index in [-0.39, 0.29) is 5.84 Å². The van der Waals surface area contributed by atoms with Crippen LogP contribution < -0.4 is 16.3 Å². The van der Waals surface area contributed by atoms with Crippen LogP contribution in [0.1, 0.15) is 17.4 Å². The summed E-state index contributed by atoms with van der Waals surface area (Å²) in [5.41, 5.74) is 6.29. The van der Waals surface area contributed by atoms with Gasteiger partial charge in [0.15, 0.2) is 0 Å². The van der Waals surface area contributed by atoms with Crippen LogP contribution >= 0.6 is 11.3 Å². The summed E-state index contributed by atoms with van der Waals surface area (Å²) in [6, 6.07) is 4.06. The summed E-state index contributed by atoms with van der Waals surface area (Å²) in [5.74, 6) is 0.118. The maximum Gasteiger partial charge on any atom is 0.123 e. The molecule has 20 heavy (non-hydrogen) atoms. The lowest BCUT2D eigenvalue weighted by Crippen LogP contribution is -2.29. The van der Waals surface area contributed by atoms with Crippen molar-refractivity contribution < 1.29 is 0 Å². The molecule has 0 atom stereocenters. The zero-order valence-corrected chi connectivity index (χ0v) is 12.4. The number of aliphatic imine (C=N–C) groups is 1. The molecule has 0 aliphatic rings. The highest BCUT2D eigenvalue weighted by molar-refractivity contribution is 7.10. The second-order valence-electron chi connectivity index (χ2n) is 4.36. The highest BCUT2D eigenvalue weighted by Gasteiger charge is 2.04. The van der Waals surface area contributed by atoms with Gasteiger partial charge < -0.3 is 10.3 Å². The molecule has 2 rings (SSSR count). The standard InChI is InChI=1S/C15H18N4S/c1-3-11-5-7-19(14(11)4-6-18-2)9-13-8-12(10-20-13)15(16)17/h3-8,10H,9H2,1-2H3,(H3,16,17)/b11-3-,14-4+,18-6+. The Balaban J connectivity index is 2.38. The molecule has 3 N–H and O–H groups in total. The molecule has 4 nitrogen and oxygen atoms in total. The summed E-state index contributed by atoms with van der Waals surface area (Å²) in [7, 11) is 1.76. The molecular formula is C15H18N4S. The number of hydrogen-bond donors (Lipinski definition) is 2. The van der Waals surface area contributed by atoms with Gasteiger partial charge in [-0.3, -0.25) is 10.4 Å². The van der Waals surface area contributed by atoms with Gasteiger partial charge in [-0.25, -0.2) is 0 Å². The Morgan fingerprint density at radius 1 is 1.55 bits per heavy atom. The molecule has 0 spiro atoms. The van der Waals surface area contributed by atoms with Crippen LogP contribution in [-0.2, 0) is 6.54 Å². The lowest BCUT2D eigenvalue weighted by Gasteiger charge is -2.01. The molecule has 0 saturated heterocycles. The van der Waals surface area contributed by atoms with Gasteiger partial charge >= 0.3 is 0 Å². The number of nitrogens with two attached hydrogens (primary N) is 1. The maximum atomic E-state index is 7.44. The largest absolute Gasteiger partial charge is 0.384 e. The van der Waals surface area contributed by atoms with Crippen LogP contribution in [0.15, 0.2) is 28.7 Å². The van der Waals surface area contributed by atoms with Gasteiger partial charge in [-0.05, 0) is 30.4 Å². The average Bonchev–Trinajstić information content (AvgIpc) is 3.04. The molecule has 0 fully saturated rings. The Morgan fingerprint density at radius 3 is 2.95 bits per heavy atom. The van der Waals surface area contributed by atoms with E-state index in [4.69, 9.17) is 11.1 Å². The third-order valence-corrected chi connectivity index (χ3v) is 3.94. The summed E-state index contributed by atoms with van der Waals surface area (Å²) in [6.45, 7) is 2.80. The molecule has 5 heteroatoms. The van der Waals surface area contributed by atoms with E-state index in [0.29, 0.717) is 0 Å². The molecule has 2 heterocycles. The van der Waals surface area contributed by atoms with Gasteiger partial charge in [0.1, 0.15) is 5.84 Å². The van der Waals surface area contributed by atoms with E-state index in [1.165, 1.54) is 10.1 Å². The monoisotopic (exact) mass is 286 g/mol. The number of thiophene rings is 1. The Kier molecular flexibility index (Phi) is 4.53. The third-order valence-electron chi connectivity index (χ3n) is 3.02. The number of rotatable bonds is 4. The van der Waals surface area contributed by atoms with Crippen molar-refractivity contribution in [1.29, 1.82) is 5.41 Å². The van der Waals surface area contributed by atoms with Crippen molar-refractivity contribution >= 4 is 35.5 Å². The number of amidine groups is 1. The fraction of sp³-hybridized carbons (Fsp3) is 0.200. The molecule has 0 aliphatic carbocycles. The molecular weight excluding hydrogens is 268 g/mol. The number of nitrogens with zero attached hydrogens (tertiary/aromatic N) is 2. The van der Waals surface area contributed by atoms with E-state index in [2.05, 4.69) is 27.9 Å². The Bertz CT molecular complexity index is 749. The average molecular weight is 286 g/mol. The minimum Gasteiger partial charge on any atom is -0.384 e. The van der Waals surface area contributed by atoms with Crippen LogP contribution in [0, 0.1) is 5.41 Å². The minimum atomic E-state index is 0.118. The van der Waals surface area contributed by atoms with Gasteiger partial charge in [-0.2, -0.15) is 0 Å². The van der Waals surface area contributed by atoms with Crippen LogP contribution in [0.5, 0.6) is 0 Å². The lowest BCUT2D eigenvalue weighted by molar-refractivity contribution is 0.791. The first-order valence-electron chi connectivity index (χ1n) is 6.31. The maximum absolute atomic E-state index is 7.44. The Hall–Kier alpha value is -2.14. The van der Waals surface area contributed by atoms with Crippen molar-refractivity contribution in [2.45, 2.75) is 13.5 Å². The first-order valence-corrected chi connectivity index (χ1v) is 7.19. The van der Waals surface area contributed by atoms with Crippen molar-refractivity contribution in [2.24, 2.45) is 10.7 Å². The Morgan fingerprint density at radius 2 is 2.35 bits per heavy atom. The molecule has 0 amide bonds. The first kappa shape index (κ1) is 14.3. The second-order valence-corrected chi connectivity index (χ2v) is 5.36. The van der Waals surface area contributed by atoms with Crippen LogP contribution in [0.4, 0.5) is 0 Å². The molecule has 0 bridgehead atoms. The molecule has 0 aliphatic heterocycles. The van der Waals surface area contributed by atoms with Gasteiger partial charge in [-0.1, -0.05) is 6.08 Å². The van der Waals surface area contributed by atoms with Crippen molar-refractivity contribution in [2.75, 3.05) is 7.05 Å². The van der Waals surface area contributed by atoms with E-state index in [1.54, 1.807) is 24.6 Å². The van der Waals surface area contributed by atoms with E-state index in [0.717, 1.165) is 17.5 Å². The highest BCUT2D eigenvalue weighted by Crippen LogP contribution is 2.14. The summed E-state index contributed by atoms with van der Waals surface area (Å²) in [5, 5.41) is 11.7. The molecule has 0 radical (unpaired) electrons. The van der Waals surface area contributed by atoms with Crippen LogP contribution in [0.25, 0.3) is 12.2 Å². The molecule has 2 aromatic rings. The molecule has 0 saturated carbocycles. The van der Waals surface area contributed by atoms with Crippen molar-refractivity contribution in [3.05, 3.63) is 44.7 Å². The fourth-order valence-corrected chi connectivity index (χ4v) is 2.88. The predicted molar refractivity (Wildman–Crippen MR) is 87.1 cm³/mol. The van der Waals surface area contributed by atoms with Gasteiger partial charge in [0, 0.05) is 40.6 Å². The zero-order valence-electron chi connectivity index (χ0n) is 11.6. The van der Waals surface area contributed by atoms with E-state index >= 15 is 0 Å². The van der Waals surface area contributed by atoms with E-state index in [1.807, 2.05) is 24.4 Å². The van der Waals surface area contributed by atoms with Gasteiger partial charge in [0.2, 0.25) is 0 Å². The fourth-order valence-electron chi connectivity index (χ4n) is 1.99. The lowest BCUT2D eigenvalue weighted by atomic mass is 10.3. The topological polar surface area (TPSA) is 67.2 Å². The normalized spacial score (nSPS) is 13.5. The first-order chi connectivity index (χ1) is 9.65. The number of nitrogens with one attached hydrogen (secondary N) is 1.